The number of piperidine rings is 1. The van der Waals surface area contributed by atoms with Gasteiger partial charge in [0, 0.05) is 18.3 Å². The first-order valence-electron chi connectivity index (χ1n) is 5.31. The van der Waals surface area contributed by atoms with Gasteiger partial charge < -0.3 is 5.32 Å². The van der Waals surface area contributed by atoms with Crippen LogP contribution in [-0.4, -0.2) is 22.9 Å². The highest BCUT2D eigenvalue weighted by molar-refractivity contribution is 5.51. The van der Waals surface area contributed by atoms with Crippen LogP contribution in [0.15, 0.2) is 18.0 Å². The smallest absolute Gasteiger partial charge is 0.0562 e. The molecule has 1 saturated heterocycles. The minimum absolute atomic E-state index is 0.949. The minimum atomic E-state index is 0.949. The summed E-state index contributed by atoms with van der Waals surface area (Å²) in [5, 5.41) is 7.61. The van der Waals surface area contributed by atoms with Crippen LogP contribution in [0.4, 0.5) is 0 Å². The molecule has 2 heterocycles. The summed E-state index contributed by atoms with van der Waals surface area (Å²) in [5.41, 5.74) is 2.78. The van der Waals surface area contributed by atoms with Crippen molar-refractivity contribution in [3.05, 3.63) is 23.5 Å². The average Bonchev–Trinajstić information content (AvgIpc) is 2.67. The highest BCUT2D eigenvalue weighted by atomic mass is 15.3. The third-order valence-electron chi connectivity index (χ3n) is 2.59. The van der Waals surface area contributed by atoms with Crippen molar-refractivity contribution >= 4 is 6.08 Å². The lowest BCUT2D eigenvalue weighted by molar-refractivity contribution is 0.613. The topological polar surface area (TPSA) is 29.9 Å². The van der Waals surface area contributed by atoms with E-state index < -0.39 is 0 Å². The fourth-order valence-electron chi connectivity index (χ4n) is 1.75. The molecule has 0 bridgehead atoms. The van der Waals surface area contributed by atoms with Crippen molar-refractivity contribution in [2.45, 2.75) is 26.3 Å². The first-order valence-corrected chi connectivity index (χ1v) is 5.31. The van der Waals surface area contributed by atoms with Crippen LogP contribution in [0, 0.1) is 0 Å². The minimum Gasteiger partial charge on any atom is -0.316 e. The van der Waals surface area contributed by atoms with E-state index in [-0.39, 0.29) is 0 Å². The molecule has 1 aromatic heterocycles. The Morgan fingerprint density at radius 3 is 2.93 bits per heavy atom. The Hall–Kier alpha value is -1.09. The van der Waals surface area contributed by atoms with Gasteiger partial charge in [-0.05, 0) is 32.9 Å². The molecule has 0 amide bonds. The third kappa shape index (κ3) is 2.23. The van der Waals surface area contributed by atoms with Crippen LogP contribution in [0.2, 0.25) is 0 Å². The Labute approximate surface area is 84.8 Å². The predicted octanol–water partition coefficient (Wildman–Crippen LogP) is 1.67. The van der Waals surface area contributed by atoms with Gasteiger partial charge in [-0.1, -0.05) is 11.6 Å². The van der Waals surface area contributed by atoms with Crippen molar-refractivity contribution < 1.29 is 0 Å². The molecule has 0 aromatic carbocycles. The van der Waals surface area contributed by atoms with Crippen molar-refractivity contribution in [1.29, 1.82) is 0 Å². The van der Waals surface area contributed by atoms with Crippen molar-refractivity contribution in [3.8, 4) is 0 Å². The second kappa shape index (κ2) is 4.42. The van der Waals surface area contributed by atoms with E-state index in [4.69, 9.17) is 0 Å². The van der Waals surface area contributed by atoms with Gasteiger partial charge in [0.1, 0.15) is 0 Å². The molecule has 0 unspecified atom stereocenters. The summed E-state index contributed by atoms with van der Waals surface area (Å²) in [6.45, 7) is 5.29. The van der Waals surface area contributed by atoms with Gasteiger partial charge in [-0.2, -0.15) is 5.10 Å². The first kappa shape index (κ1) is 9.46. The maximum absolute atomic E-state index is 4.26. The molecule has 2 rings (SSSR count). The summed E-state index contributed by atoms with van der Waals surface area (Å²) in [6.07, 6.45) is 8.68. The molecule has 1 N–H and O–H groups in total. The van der Waals surface area contributed by atoms with Crippen LogP contribution < -0.4 is 5.32 Å². The van der Waals surface area contributed by atoms with E-state index in [1.54, 1.807) is 5.57 Å². The standard InChI is InChI=1S/C11H17N3/c1-2-14-9-11(8-13-14)7-10-3-5-12-6-4-10/h7-9,12H,2-6H2,1H3. The maximum Gasteiger partial charge on any atom is 0.0562 e. The molecule has 3 heteroatoms. The molecule has 3 nitrogen and oxygen atoms in total. The Bertz CT molecular complexity index is 317. The summed E-state index contributed by atoms with van der Waals surface area (Å²) < 4.78 is 1.97. The molecule has 0 aliphatic carbocycles. The lowest BCUT2D eigenvalue weighted by atomic mass is 10.0. The Morgan fingerprint density at radius 2 is 2.29 bits per heavy atom. The normalized spacial score (nSPS) is 17.1. The molecule has 14 heavy (non-hydrogen) atoms. The van der Waals surface area contributed by atoms with Crippen molar-refractivity contribution in [2.75, 3.05) is 13.1 Å². The van der Waals surface area contributed by atoms with Gasteiger partial charge in [-0.3, -0.25) is 4.68 Å². The zero-order valence-corrected chi connectivity index (χ0v) is 8.66. The lowest BCUT2D eigenvalue weighted by Crippen LogP contribution is -2.22. The maximum atomic E-state index is 4.26. The van der Waals surface area contributed by atoms with Crippen LogP contribution in [0.1, 0.15) is 25.3 Å². The number of nitrogens with one attached hydrogen (secondary N) is 1. The zero-order valence-electron chi connectivity index (χ0n) is 8.66. The van der Waals surface area contributed by atoms with Crippen molar-refractivity contribution in [2.24, 2.45) is 0 Å². The molecule has 0 atom stereocenters. The summed E-state index contributed by atoms with van der Waals surface area (Å²) in [4.78, 5) is 0. The largest absolute Gasteiger partial charge is 0.316 e. The summed E-state index contributed by atoms with van der Waals surface area (Å²) in [5.74, 6) is 0. The van der Waals surface area contributed by atoms with E-state index in [0.717, 1.165) is 19.6 Å². The molecule has 1 aliphatic heterocycles. The molecule has 1 fully saturated rings. The van der Waals surface area contributed by atoms with Gasteiger partial charge >= 0.3 is 0 Å². The van der Waals surface area contributed by atoms with E-state index in [0.29, 0.717) is 0 Å². The monoisotopic (exact) mass is 191 g/mol. The first-order chi connectivity index (χ1) is 6.88. The van der Waals surface area contributed by atoms with E-state index >= 15 is 0 Å². The number of aryl methyl sites for hydroxylation is 1. The van der Waals surface area contributed by atoms with E-state index in [1.807, 2.05) is 10.9 Å². The van der Waals surface area contributed by atoms with Crippen LogP contribution in [0.25, 0.3) is 6.08 Å². The summed E-state index contributed by atoms with van der Waals surface area (Å²) >= 11 is 0. The third-order valence-corrected chi connectivity index (χ3v) is 2.59. The van der Waals surface area contributed by atoms with Crippen LogP contribution in [-0.2, 0) is 6.54 Å². The second-order valence-electron chi connectivity index (χ2n) is 3.68. The second-order valence-corrected chi connectivity index (χ2v) is 3.68. The van der Waals surface area contributed by atoms with Crippen LogP contribution in [0.3, 0.4) is 0 Å². The zero-order chi connectivity index (χ0) is 9.80. The van der Waals surface area contributed by atoms with E-state index in [9.17, 15) is 0 Å². The van der Waals surface area contributed by atoms with Gasteiger partial charge in [0.15, 0.2) is 0 Å². The number of hydrogen-bond donors (Lipinski definition) is 1. The number of rotatable bonds is 2. The molecular weight excluding hydrogens is 174 g/mol. The highest BCUT2D eigenvalue weighted by Gasteiger charge is 2.04. The molecule has 1 aromatic rings. The Morgan fingerprint density at radius 1 is 1.50 bits per heavy atom. The Balaban J connectivity index is 2.07. The molecule has 1 aliphatic rings. The quantitative estimate of drug-likeness (QED) is 0.770. The number of hydrogen-bond acceptors (Lipinski definition) is 2. The van der Waals surface area contributed by atoms with E-state index in [1.165, 1.54) is 18.4 Å². The van der Waals surface area contributed by atoms with Crippen LogP contribution in [0.5, 0.6) is 0 Å². The molecule has 0 spiro atoms. The molecule has 76 valence electrons. The summed E-state index contributed by atoms with van der Waals surface area (Å²) in [6, 6.07) is 0. The van der Waals surface area contributed by atoms with Crippen molar-refractivity contribution in [1.82, 2.24) is 15.1 Å². The fraction of sp³-hybridized carbons (Fsp3) is 0.545. The molecule has 0 radical (unpaired) electrons. The Kier molecular flexibility index (Phi) is 2.99. The fourth-order valence-corrected chi connectivity index (χ4v) is 1.75. The summed E-state index contributed by atoms with van der Waals surface area (Å²) in [7, 11) is 0. The average molecular weight is 191 g/mol. The lowest BCUT2D eigenvalue weighted by Gasteiger charge is -2.14. The molecule has 0 saturated carbocycles. The predicted molar refractivity (Wildman–Crippen MR) is 58.0 cm³/mol. The van der Waals surface area contributed by atoms with Gasteiger partial charge in [0.25, 0.3) is 0 Å². The van der Waals surface area contributed by atoms with Crippen LogP contribution >= 0.6 is 0 Å². The van der Waals surface area contributed by atoms with Gasteiger partial charge in [0.2, 0.25) is 0 Å². The van der Waals surface area contributed by atoms with Gasteiger partial charge in [-0.25, -0.2) is 0 Å². The van der Waals surface area contributed by atoms with E-state index in [2.05, 4.69) is 29.6 Å². The van der Waals surface area contributed by atoms with Gasteiger partial charge in [0.05, 0.1) is 6.20 Å². The molecular formula is C11H17N3. The SMILES string of the molecule is CCn1cc(C=C2CCNCC2)cn1. The number of nitrogens with zero attached hydrogens (tertiary/aromatic N) is 2. The highest BCUT2D eigenvalue weighted by Crippen LogP contribution is 2.14. The van der Waals surface area contributed by atoms with Gasteiger partial charge in [-0.15, -0.1) is 0 Å². The van der Waals surface area contributed by atoms with Crippen molar-refractivity contribution in [3.63, 3.8) is 0 Å². The number of aromatic nitrogens is 2.